The summed E-state index contributed by atoms with van der Waals surface area (Å²) in [5, 5.41) is 9.02. The van der Waals surface area contributed by atoms with Gasteiger partial charge in [-0.05, 0) is 17.7 Å². The smallest absolute Gasteiger partial charge is 0.0476 e. The molecular formula is C10H10Br2O. The first-order chi connectivity index (χ1) is 6.24. The molecular weight excluding hydrogens is 296 g/mol. The average molecular weight is 306 g/mol. The first kappa shape index (κ1) is 9.69. The molecule has 1 aliphatic rings. The average Bonchev–Trinajstić information content (AvgIpc) is 2.78. The molecule has 0 radical (unpaired) electrons. The molecule has 3 atom stereocenters. The number of alkyl halides is 1. The van der Waals surface area contributed by atoms with E-state index in [1.165, 1.54) is 5.56 Å². The highest BCUT2D eigenvalue weighted by molar-refractivity contribution is 9.10. The van der Waals surface area contributed by atoms with E-state index < -0.39 is 0 Å². The molecule has 13 heavy (non-hydrogen) atoms. The maximum Gasteiger partial charge on any atom is 0.0476 e. The van der Waals surface area contributed by atoms with E-state index in [0.29, 0.717) is 16.7 Å². The zero-order valence-corrected chi connectivity index (χ0v) is 10.1. The van der Waals surface area contributed by atoms with Crippen molar-refractivity contribution in [1.29, 1.82) is 0 Å². The van der Waals surface area contributed by atoms with Crippen LogP contribution in [-0.2, 0) is 0 Å². The Labute approximate surface area is 94.4 Å². The van der Waals surface area contributed by atoms with Crippen molar-refractivity contribution in [2.24, 2.45) is 5.92 Å². The van der Waals surface area contributed by atoms with Crippen molar-refractivity contribution >= 4 is 31.9 Å². The third-order valence-electron chi connectivity index (χ3n) is 2.54. The van der Waals surface area contributed by atoms with Crippen LogP contribution in [0.25, 0.3) is 0 Å². The van der Waals surface area contributed by atoms with E-state index in [1.807, 2.05) is 12.1 Å². The fourth-order valence-electron chi connectivity index (χ4n) is 1.66. The molecule has 0 bridgehead atoms. The predicted octanol–water partition coefficient (Wildman–Crippen LogP) is 2.92. The molecule has 3 heteroatoms. The van der Waals surface area contributed by atoms with Gasteiger partial charge in [-0.15, -0.1) is 0 Å². The Bertz CT molecular complexity index is 296. The number of aliphatic hydroxyl groups excluding tert-OH is 1. The summed E-state index contributed by atoms with van der Waals surface area (Å²) >= 11 is 6.96. The van der Waals surface area contributed by atoms with Crippen LogP contribution in [0.5, 0.6) is 0 Å². The second-order valence-corrected chi connectivity index (χ2v) is 5.34. The number of hydrogen-bond donors (Lipinski definition) is 1. The van der Waals surface area contributed by atoms with Crippen molar-refractivity contribution in [1.82, 2.24) is 0 Å². The number of rotatable bonds is 2. The standard InChI is InChI=1S/C10H10Br2O/c11-7-3-1-6(2-4-7)9-8(5-13)10(9)12/h1-4,8-10,13H,5H2/t8-,9-,10+/m1/s1. The summed E-state index contributed by atoms with van der Waals surface area (Å²) in [6.07, 6.45) is 0. The minimum Gasteiger partial charge on any atom is -0.396 e. The van der Waals surface area contributed by atoms with Gasteiger partial charge in [0.1, 0.15) is 0 Å². The first-order valence-electron chi connectivity index (χ1n) is 4.24. The first-order valence-corrected chi connectivity index (χ1v) is 5.95. The topological polar surface area (TPSA) is 20.2 Å². The molecule has 1 N–H and O–H groups in total. The highest BCUT2D eigenvalue weighted by Gasteiger charge is 2.48. The van der Waals surface area contributed by atoms with Crippen LogP contribution in [0.2, 0.25) is 0 Å². The Balaban J connectivity index is 2.15. The number of aliphatic hydroxyl groups is 1. The van der Waals surface area contributed by atoms with Gasteiger partial charge in [0, 0.05) is 27.7 Å². The zero-order chi connectivity index (χ0) is 9.42. The summed E-state index contributed by atoms with van der Waals surface area (Å²) in [7, 11) is 0. The van der Waals surface area contributed by atoms with Gasteiger partial charge in [-0.1, -0.05) is 44.0 Å². The lowest BCUT2D eigenvalue weighted by atomic mass is 10.1. The van der Waals surface area contributed by atoms with Crippen LogP contribution in [0.3, 0.4) is 0 Å². The largest absolute Gasteiger partial charge is 0.396 e. The fraction of sp³-hybridized carbons (Fsp3) is 0.400. The minimum absolute atomic E-state index is 0.274. The molecule has 1 saturated carbocycles. The molecule has 0 amide bonds. The van der Waals surface area contributed by atoms with Gasteiger partial charge in [-0.25, -0.2) is 0 Å². The summed E-state index contributed by atoms with van der Waals surface area (Å²) in [6.45, 7) is 0.274. The van der Waals surface area contributed by atoms with Gasteiger partial charge in [0.2, 0.25) is 0 Å². The van der Waals surface area contributed by atoms with E-state index in [4.69, 9.17) is 5.11 Å². The number of halogens is 2. The van der Waals surface area contributed by atoms with Crippen molar-refractivity contribution in [3.63, 3.8) is 0 Å². The molecule has 0 aromatic heterocycles. The molecule has 1 fully saturated rings. The summed E-state index contributed by atoms with van der Waals surface area (Å²) in [5.41, 5.74) is 1.31. The van der Waals surface area contributed by atoms with Gasteiger partial charge in [0.05, 0.1) is 0 Å². The van der Waals surface area contributed by atoms with E-state index in [9.17, 15) is 0 Å². The monoisotopic (exact) mass is 304 g/mol. The van der Waals surface area contributed by atoms with Crippen LogP contribution in [0, 0.1) is 5.92 Å². The van der Waals surface area contributed by atoms with Crippen LogP contribution in [-0.4, -0.2) is 16.5 Å². The van der Waals surface area contributed by atoms with Gasteiger partial charge in [-0.2, -0.15) is 0 Å². The van der Waals surface area contributed by atoms with Crippen molar-refractivity contribution in [3.05, 3.63) is 34.3 Å². The third-order valence-corrected chi connectivity index (χ3v) is 4.32. The van der Waals surface area contributed by atoms with Gasteiger partial charge < -0.3 is 5.11 Å². The Morgan fingerprint density at radius 3 is 2.31 bits per heavy atom. The van der Waals surface area contributed by atoms with Crippen molar-refractivity contribution in [3.8, 4) is 0 Å². The number of hydrogen-bond acceptors (Lipinski definition) is 1. The molecule has 0 heterocycles. The lowest BCUT2D eigenvalue weighted by Crippen LogP contribution is -1.88. The van der Waals surface area contributed by atoms with Crippen molar-refractivity contribution in [2.45, 2.75) is 10.7 Å². The highest BCUT2D eigenvalue weighted by atomic mass is 79.9. The van der Waals surface area contributed by atoms with Crippen LogP contribution < -0.4 is 0 Å². The van der Waals surface area contributed by atoms with Gasteiger partial charge in [-0.3, -0.25) is 0 Å². The molecule has 1 aliphatic carbocycles. The second kappa shape index (κ2) is 3.71. The van der Waals surface area contributed by atoms with E-state index in [-0.39, 0.29) is 6.61 Å². The third kappa shape index (κ3) is 1.83. The molecule has 2 rings (SSSR count). The van der Waals surface area contributed by atoms with Crippen LogP contribution in [0.1, 0.15) is 11.5 Å². The van der Waals surface area contributed by atoms with Crippen LogP contribution >= 0.6 is 31.9 Å². The molecule has 0 unspecified atom stereocenters. The highest BCUT2D eigenvalue weighted by Crippen LogP contribution is 2.52. The fourth-order valence-corrected chi connectivity index (χ4v) is 2.94. The van der Waals surface area contributed by atoms with E-state index in [2.05, 4.69) is 44.0 Å². The molecule has 0 spiro atoms. The quantitative estimate of drug-likeness (QED) is 0.833. The molecule has 1 nitrogen and oxygen atoms in total. The van der Waals surface area contributed by atoms with E-state index in [0.717, 1.165) is 4.47 Å². The lowest BCUT2D eigenvalue weighted by Gasteiger charge is -1.98. The van der Waals surface area contributed by atoms with Gasteiger partial charge in [0.15, 0.2) is 0 Å². The molecule has 70 valence electrons. The maximum absolute atomic E-state index is 9.02. The second-order valence-electron chi connectivity index (χ2n) is 3.37. The molecule has 1 aromatic carbocycles. The summed E-state index contributed by atoms with van der Waals surface area (Å²) in [4.78, 5) is 0.457. The summed E-state index contributed by atoms with van der Waals surface area (Å²) in [5.74, 6) is 0.902. The zero-order valence-electron chi connectivity index (χ0n) is 6.95. The SMILES string of the molecule is OC[C@H]1[C@H](Br)[C@@H]1c1ccc(Br)cc1. The van der Waals surface area contributed by atoms with Crippen LogP contribution in [0.4, 0.5) is 0 Å². The van der Waals surface area contributed by atoms with Gasteiger partial charge >= 0.3 is 0 Å². The van der Waals surface area contributed by atoms with Crippen molar-refractivity contribution in [2.75, 3.05) is 6.61 Å². The minimum atomic E-state index is 0.274. The molecule has 1 aromatic rings. The molecule has 0 saturated heterocycles. The molecule has 0 aliphatic heterocycles. The normalized spacial score (nSPS) is 31.8. The Morgan fingerprint density at radius 2 is 1.85 bits per heavy atom. The Morgan fingerprint density at radius 1 is 1.23 bits per heavy atom. The van der Waals surface area contributed by atoms with Crippen molar-refractivity contribution < 1.29 is 5.11 Å². The lowest BCUT2D eigenvalue weighted by molar-refractivity contribution is 0.274. The van der Waals surface area contributed by atoms with Crippen LogP contribution in [0.15, 0.2) is 28.7 Å². The predicted molar refractivity (Wildman–Crippen MR) is 60.2 cm³/mol. The summed E-state index contributed by atoms with van der Waals surface area (Å²) < 4.78 is 1.10. The Kier molecular flexibility index (Phi) is 2.77. The Hall–Kier alpha value is 0.140. The number of benzene rings is 1. The van der Waals surface area contributed by atoms with Gasteiger partial charge in [0.25, 0.3) is 0 Å². The van der Waals surface area contributed by atoms with E-state index in [1.54, 1.807) is 0 Å². The van der Waals surface area contributed by atoms with E-state index >= 15 is 0 Å². The maximum atomic E-state index is 9.02. The summed E-state index contributed by atoms with van der Waals surface area (Å²) in [6, 6.07) is 8.31.